The monoisotopic (exact) mass is 760 g/mol. The van der Waals surface area contributed by atoms with Crippen molar-refractivity contribution in [1.29, 1.82) is 0 Å². The van der Waals surface area contributed by atoms with Gasteiger partial charge in [-0.15, -0.1) is 0 Å². The van der Waals surface area contributed by atoms with Gasteiger partial charge in [-0.25, -0.2) is 24.9 Å². The van der Waals surface area contributed by atoms with E-state index in [1.165, 1.54) is 16.3 Å². The molecule has 0 unspecified atom stereocenters. The topological polar surface area (TPSA) is 69.4 Å². The van der Waals surface area contributed by atoms with Crippen LogP contribution >= 0.6 is 0 Å². The summed E-state index contributed by atoms with van der Waals surface area (Å²) in [5.74, 6) is 2.44. The van der Waals surface area contributed by atoms with Crippen LogP contribution < -0.4 is 0 Å². The molecule has 3 heterocycles. The zero-order valence-electron chi connectivity index (χ0n) is 33.1. The van der Waals surface area contributed by atoms with E-state index in [1.807, 2.05) is 97.1 Å². The molecule has 0 saturated carbocycles. The molecule has 0 saturated heterocycles. The predicted octanol–water partition coefficient (Wildman–Crippen LogP) is 13.1. The number of aromatic nitrogens is 6. The van der Waals surface area contributed by atoms with E-state index < -0.39 is 0 Å². The predicted molar refractivity (Wildman–Crippen MR) is 241 cm³/mol. The fourth-order valence-electron chi connectivity index (χ4n) is 7.77. The van der Waals surface area contributed by atoms with Gasteiger partial charge in [0.05, 0.1) is 28.1 Å². The van der Waals surface area contributed by atoms with Gasteiger partial charge in [0.25, 0.3) is 0 Å². The Hall–Kier alpha value is -7.57. The summed E-state index contributed by atoms with van der Waals surface area (Å²) in [6.45, 7) is 6.79. The van der Waals surface area contributed by atoms with Gasteiger partial charge in [-0.05, 0) is 47.4 Å². The van der Waals surface area contributed by atoms with Crippen molar-refractivity contribution in [1.82, 2.24) is 29.5 Å². The molecule has 0 radical (unpaired) electrons. The maximum atomic E-state index is 5.37. The number of para-hydroxylation sites is 1. The second-order valence-corrected chi connectivity index (χ2v) is 15.8. The molecular weight excluding hydrogens is 721 g/mol. The van der Waals surface area contributed by atoms with E-state index in [9.17, 15) is 0 Å². The Kier molecular flexibility index (Phi) is 8.95. The van der Waals surface area contributed by atoms with Crippen LogP contribution in [0.4, 0.5) is 0 Å². The molecule has 0 atom stereocenters. The summed E-state index contributed by atoms with van der Waals surface area (Å²) < 4.78 is 2.39. The van der Waals surface area contributed by atoms with E-state index in [-0.39, 0.29) is 5.41 Å². The third kappa shape index (κ3) is 6.85. The van der Waals surface area contributed by atoms with Gasteiger partial charge < -0.3 is 4.57 Å². The highest BCUT2D eigenvalue weighted by atomic mass is 15.0. The largest absolute Gasteiger partial charge is 0.309 e. The minimum atomic E-state index is -0.0460. The van der Waals surface area contributed by atoms with Crippen molar-refractivity contribution in [2.24, 2.45) is 0 Å². The van der Waals surface area contributed by atoms with Crippen LogP contribution in [0.3, 0.4) is 0 Å². The molecule has 6 nitrogen and oxygen atoms in total. The highest BCUT2D eigenvalue weighted by Crippen LogP contribution is 2.40. The quantitative estimate of drug-likeness (QED) is 0.162. The van der Waals surface area contributed by atoms with Gasteiger partial charge in [0.15, 0.2) is 23.3 Å². The lowest BCUT2D eigenvalue weighted by molar-refractivity contribution is 0.591. The van der Waals surface area contributed by atoms with Crippen LogP contribution in [0.2, 0.25) is 0 Å². The normalized spacial score (nSPS) is 11.6. The van der Waals surface area contributed by atoms with Crippen molar-refractivity contribution in [2.75, 3.05) is 0 Å². The van der Waals surface area contributed by atoms with Gasteiger partial charge >= 0.3 is 0 Å². The number of fused-ring (bicyclic) bond motifs is 3. The van der Waals surface area contributed by atoms with E-state index in [0.717, 1.165) is 61.5 Å². The van der Waals surface area contributed by atoms with E-state index in [2.05, 4.69) is 116 Å². The van der Waals surface area contributed by atoms with Crippen molar-refractivity contribution in [2.45, 2.75) is 26.2 Å². The first-order valence-corrected chi connectivity index (χ1v) is 19.9. The molecule has 282 valence electrons. The lowest BCUT2D eigenvalue weighted by Gasteiger charge is -2.20. The third-order valence-electron chi connectivity index (χ3n) is 10.8. The summed E-state index contributed by atoms with van der Waals surface area (Å²) >= 11 is 0. The summed E-state index contributed by atoms with van der Waals surface area (Å²) in [5.41, 5.74) is 11.6. The van der Waals surface area contributed by atoms with E-state index >= 15 is 0 Å². The van der Waals surface area contributed by atoms with Crippen molar-refractivity contribution in [3.05, 3.63) is 194 Å². The molecule has 0 aliphatic carbocycles. The van der Waals surface area contributed by atoms with Crippen LogP contribution in [-0.4, -0.2) is 29.5 Å². The standard InChI is InChI=1S/C53H40N6/c1-53(2,3)40-29-30-42-41-26-16-17-27-46(41)59(48(42)33-40)47-31-28-39(52-57-50(37-22-12-6-13-23-37)56-51(58-52)38-24-14-7-15-25-38)32-43(47)45-34-44(35-18-8-4-9-19-35)54-49(55-45)36-20-10-5-11-21-36/h4-34H,1-3H3. The first kappa shape index (κ1) is 35.8. The molecule has 0 aliphatic rings. The van der Waals surface area contributed by atoms with Crippen LogP contribution in [0.15, 0.2) is 188 Å². The van der Waals surface area contributed by atoms with Crippen LogP contribution in [-0.2, 0) is 5.41 Å². The van der Waals surface area contributed by atoms with Gasteiger partial charge in [0, 0.05) is 44.2 Å². The minimum Gasteiger partial charge on any atom is -0.309 e. The summed E-state index contributed by atoms with van der Waals surface area (Å²) in [7, 11) is 0. The van der Waals surface area contributed by atoms with E-state index in [0.29, 0.717) is 23.3 Å². The summed E-state index contributed by atoms with van der Waals surface area (Å²) in [4.78, 5) is 25.8. The average molecular weight is 761 g/mol. The van der Waals surface area contributed by atoms with Gasteiger partial charge in [0.1, 0.15) is 0 Å². The number of hydrogen-bond acceptors (Lipinski definition) is 5. The SMILES string of the molecule is CC(C)(C)c1ccc2c3ccccc3n(-c3ccc(-c4nc(-c5ccccc5)nc(-c5ccccc5)n4)cc3-c3cc(-c4ccccc4)nc(-c4ccccc4)n3)c2c1. The Bertz CT molecular complexity index is 3000. The van der Waals surface area contributed by atoms with Gasteiger partial charge in [-0.2, -0.15) is 0 Å². The maximum Gasteiger partial charge on any atom is 0.164 e. The lowest BCUT2D eigenvalue weighted by atomic mass is 9.86. The Morgan fingerprint density at radius 2 is 0.831 bits per heavy atom. The molecule has 0 aliphatic heterocycles. The number of rotatable bonds is 7. The van der Waals surface area contributed by atoms with Crippen molar-refractivity contribution >= 4 is 21.8 Å². The Morgan fingerprint density at radius 3 is 1.41 bits per heavy atom. The average Bonchev–Trinajstić information content (AvgIpc) is 3.63. The zero-order chi connectivity index (χ0) is 39.9. The van der Waals surface area contributed by atoms with Gasteiger partial charge in [-0.3, -0.25) is 0 Å². The molecule has 6 heteroatoms. The summed E-state index contributed by atoms with van der Waals surface area (Å²) in [6.07, 6.45) is 0. The molecule has 0 N–H and O–H groups in total. The Labute approximate surface area is 343 Å². The van der Waals surface area contributed by atoms with Crippen molar-refractivity contribution in [3.8, 4) is 73.8 Å². The van der Waals surface area contributed by atoms with Crippen LogP contribution in [0, 0.1) is 0 Å². The van der Waals surface area contributed by atoms with Crippen LogP contribution in [0.1, 0.15) is 26.3 Å². The zero-order valence-corrected chi connectivity index (χ0v) is 33.1. The van der Waals surface area contributed by atoms with Gasteiger partial charge in [0.2, 0.25) is 0 Å². The minimum absolute atomic E-state index is 0.0460. The van der Waals surface area contributed by atoms with Gasteiger partial charge in [-0.1, -0.05) is 172 Å². The lowest BCUT2D eigenvalue weighted by Crippen LogP contribution is -2.11. The fraction of sp³-hybridized carbons (Fsp3) is 0.0755. The van der Waals surface area contributed by atoms with Crippen LogP contribution in [0.25, 0.3) is 95.6 Å². The number of benzene rings is 7. The van der Waals surface area contributed by atoms with E-state index in [1.54, 1.807) is 0 Å². The maximum absolute atomic E-state index is 5.37. The molecule has 59 heavy (non-hydrogen) atoms. The second-order valence-electron chi connectivity index (χ2n) is 15.8. The molecule has 0 spiro atoms. The molecule has 10 rings (SSSR count). The first-order valence-electron chi connectivity index (χ1n) is 19.9. The highest BCUT2D eigenvalue weighted by Gasteiger charge is 2.22. The molecule has 0 amide bonds. The fourth-order valence-corrected chi connectivity index (χ4v) is 7.77. The molecule has 0 fully saturated rings. The van der Waals surface area contributed by atoms with Crippen molar-refractivity contribution < 1.29 is 0 Å². The second kappa shape index (κ2) is 14.7. The molecule has 0 bridgehead atoms. The molecule has 3 aromatic heterocycles. The number of nitrogens with zero attached hydrogens (tertiary/aromatic N) is 6. The molecular formula is C53H40N6. The highest BCUT2D eigenvalue weighted by molar-refractivity contribution is 6.10. The first-order chi connectivity index (χ1) is 28.9. The van der Waals surface area contributed by atoms with E-state index in [4.69, 9.17) is 24.9 Å². The Balaban J connectivity index is 1.28. The molecule has 10 aromatic rings. The van der Waals surface area contributed by atoms with Crippen molar-refractivity contribution in [3.63, 3.8) is 0 Å². The third-order valence-corrected chi connectivity index (χ3v) is 10.8. The van der Waals surface area contributed by atoms with Crippen LogP contribution in [0.5, 0.6) is 0 Å². The smallest absolute Gasteiger partial charge is 0.164 e. The Morgan fingerprint density at radius 1 is 0.356 bits per heavy atom. The molecule has 7 aromatic carbocycles. The summed E-state index contributed by atoms with van der Waals surface area (Å²) in [5, 5.41) is 2.38. The number of hydrogen-bond donors (Lipinski definition) is 0. The summed E-state index contributed by atoms with van der Waals surface area (Å²) in [6, 6.07) is 64.9.